The number of anilines is 1. The highest BCUT2D eigenvalue weighted by Crippen LogP contribution is 2.36. The number of pyridine rings is 1. The summed E-state index contributed by atoms with van der Waals surface area (Å²) in [6.07, 6.45) is 4.88. The van der Waals surface area contributed by atoms with Gasteiger partial charge in [0, 0.05) is 24.7 Å². The van der Waals surface area contributed by atoms with Crippen molar-refractivity contribution in [3.8, 4) is 0 Å². The van der Waals surface area contributed by atoms with Gasteiger partial charge in [-0.2, -0.15) is 0 Å². The minimum Gasteiger partial charge on any atom is -0.357 e. The van der Waals surface area contributed by atoms with Crippen LogP contribution in [0, 0.1) is 5.92 Å². The molecule has 1 aliphatic rings. The van der Waals surface area contributed by atoms with Crippen LogP contribution in [0.1, 0.15) is 44.4 Å². The minimum atomic E-state index is 0.567. The first-order valence-electron chi connectivity index (χ1n) is 6.94. The number of rotatable bonds is 6. The van der Waals surface area contributed by atoms with E-state index in [-0.39, 0.29) is 0 Å². The Hall–Kier alpha value is -0.760. The predicted molar refractivity (Wildman–Crippen MR) is 78.4 cm³/mol. The van der Waals surface area contributed by atoms with Crippen LogP contribution >= 0.6 is 11.6 Å². The summed E-state index contributed by atoms with van der Waals surface area (Å²) in [6.45, 7) is 4.48. The van der Waals surface area contributed by atoms with Crippen LogP contribution in [0.25, 0.3) is 0 Å². The van der Waals surface area contributed by atoms with Crippen LogP contribution in [-0.2, 0) is 12.3 Å². The van der Waals surface area contributed by atoms with E-state index in [0.29, 0.717) is 11.9 Å². The highest BCUT2D eigenvalue weighted by molar-refractivity contribution is 6.17. The lowest BCUT2D eigenvalue weighted by Gasteiger charge is -2.26. The summed E-state index contributed by atoms with van der Waals surface area (Å²) in [5.41, 5.74) is 2.35. The van der Waals surface area contributed by atoms with Crippen molar-refractivity contribution in [3.63, 3.8) is 0 Å². The molecular formula is C15H23ClN2. The molecule has 0 bridgehead atoms. The van der Waals surface area contributed by atoms with Gasteiger partial charge in [0.25, 0.3) is 0 Å². The fourth-order valence-electron chi connectivity index (χ4n) is 2.38. The number of nitrogens with zero attached hydrogens (tertiary/aromatic N) is 2. The van der Waals surface area contributed by atoms with E-state index >= 15 is 0 Å². The molecule has 0 spiro atoms. The molecule has 1 aromatic rings. The first-order valence-corrected chi connectivity index (χ1v) is 7.47. The molecule has 1 atom stereocenters. The largest absolute Gasteiger partial charge is 0.357 e. The molecular weight excluding hydrogens is 244 g/mol. The molecule has 1 aliphatic carbocycles. The van der Waals surface area contributed by atoms with Gasteiger partial charge in [-0.25, -0.2) is 4.98 Å². The van der Waals surface area contributed by atoms with Crippen molar-refractivity contribution < 1.29 is 0 Å². The lowest BCUT2D eigenvalue weighted by atomic mass is 10.1. The van der Waals surface area contributed by atoms with E-state index in [4.69, 9.17) is 16.6 Å². The first-order chi connectivity index (χ1) is 8.65. The minimum absolute atomic E-state index is 0.567. The number of aromatic nitrogens is 1. The van der Waals surface area contributed by atoms with Crippen molar-refractivity contribution in [1.82, 2.24) is 4.98 Å². The maximum Gasteiger partial charge on any atom is 0.129 e. The molecule has 2 rings (SSSR count). The van der Waals surface area contributed by atoms with E-state index in [9.17, 15) is 0 Å². The second-order valence-corrected chi connectivity index (χ2v) is 5.66. The molecule has 1 fully saturated rings. The van der Waals surface area contributed by atoms with Crippen LogP contribution in [0.5, 0.6) is 0 Å². The van der Waals surface area contributed by atoms with Gasteiger partial charge in [-0.15, -0.1) is 11.6 Å². The Kier molecular flexibility index (Phi) is 4.50. The quantitative estimate of drug-likeness (QED) is 0.724. The number of aryl methyl sites for hydroxylation is 1. The van der Waals surface area contributed by atoms with E-state index in [1.165, 1.54) is 24.1 Å². The maximum absolute atomic E-state index is 5.98. The summed E-state index contributed by atoms with van der Waals surface area (Å²) in [6, 6.07) is 4.85. The Labute approximate surface area is 115 Å². The number of hydrogen-bond acceptors (Lipinski definition) is 2. The maximum atomic E-state index is 5.98. The molecule has 0 aromatic carbocycles. The van der Waals surface area contributed by atoms with Crippen LogP contribution < -0.4 is 4.90 Å². The molecule has 2 nitrogen and oxygen atoms in total. The Bertz CT molecular complexity index is 401. The zero-order valence-electron chi connectivity index (χ0n) is 11.6. The number of hydrogen-bond donors (Lipinski definition) is 0. The molecule has 0 amide bonds. The van der Waals surface area contributed by atoms with Crippen LogP contribution in [0.2, 0.25) is 0 Å². The van der Waals surface area contributed by atoms with Crippen molar-refractivity contribution >= 4 is 17.4 Å². The van der Waals surface area contributed by atoms with Gasteiger partial charge in [0.1, 0.15) is 5.82 Å². The summed E-state index contributed by atoms with van der Waals surface area (Å²) >= 11 is 5.98. The van der Waals surface area contributed by atoms with E-state index in [2.05, 4.69) is 37.9 Å². The smallest absolute Gasteiger partial charge is 0.129 e. The lowest BCUT2D eigenvalue weighted by Crippen LogP contribution is -2.31. The summed E-state index contributed by atoms with van der Waals surface area (Å²) in [5.74, 6) is 2.50. The second-order valence-electron chi connectivity index (χ2n) is 5.40. The SMILES string of the molecule is CCCc1cc(CCl)cc(N(C)C(C)C2CC2)n1. The molecule has 0 aliphatic heterocycles. The van der Waals surface area contributed by atoms with Crippen LogP contribution in [0.3, 0.4) is 0 Å². The fourth-order valence-corrected chi connectivity index (χ4v) is 2.53. The van der Waals surface area contributed by atoms with E-state index in [1.54, 1.807) is 0 Å². The van der Waals surface area contributed by atoms with Gasteiger partial charge in [-0.1, -0.05) is 13.3 Å². The Balaban J connectivity index is 2.21. The third-order valence-electron chi connectivity index (χ3n) is 3.86. The Morgan fingerprint density at radius 1 is 1.44 bits per heavy atom. The molecule has 0 radical (unpaired) electrons. The van der Waals surface area contributed by atoms with E-state index in [1.807, 2.05) is 0 Å². The summed E-state index contributed by atoms with van der Waals surface area (Å²) < 4.78 is 0. The molecule has 3 heteroatoms. The fraction of sp³-hybridized carbons (Fsp3) is 0.667. The average Bonchev–Trinajstić information content (AvgIpc) is 3.21. The topological polar surface area (TPSA) is 16.1 Å². The standard InChI is InChI=1S/C15H23ClN2/c1-4-5-14-8-12(10-16)9-15(17-14)18(3)11(2)13-6-7-13/h8-9,11,13H,4-7,10H2,1-3H3. The molecule has 0 N–H and O–H groups in total. The number of halogens is 1. The van der Waals surface area contributed by atoms with Gasteiger partial charge < -0.3 is 4.90 Å². The normalized spacial score (nSPS) is 16.7. The van der Waals surface area contributed by atoms with Gasteiger partial charge in [-0.3, -0.25) is 0 Å². The zero-order chi connectivity index (χ0) is 13.1. The third kappa shape index (κ3) is 3.17. The molecule has 18 heavy (non-hydrogen) atoms. The molecule has 100 valence electrons. The summed E-state index contributed by atoms with van der Waals surface area (Å²) in [4.78, 5) is 7.08. The van der Waals surface area contributed by atoms with Crippen LogP contribution in [0.4, 0.5) is 5.82 Å². The van der Waals surface area contributed by atoms with Crippen molar-refractivity contribution in [2.45, 2.75) is 51.5 Å². The Morgan fingerprint density at radius 3 is 2.72 bits per heavy atom. The van der Waals surface area contributed by atoms with Gasteiger partial charge in [0.15, 0.2) is 0 Å². The molecule has 1 heterocycles. The van der Waals surface area contributed by atoms with Gasteiger partial charge >= 0.3 is 0 Å². The molecule has 1 aromatic heterocycles. The van der Waals surface area contributed by atoms with Gasteiger partial charge in [0.05, 0.1) is 0 Å². The monoisotopic (exact) mass is 266 g/mol. The van der Waals surface area contributed by atoms with Crippen molar-refractivity contribution in [2.75, 3.05) is 11.9 Å². The average molecular weight is 267 g/mol. The van der Waals surface area contributed by atoms with E-state index < -0.39 is 0 Å². The predicted octanol–water partition coefficient (Wildman–Crippen LogP) is 4.01. The zero-order valence-corrected chi connectivity index (χ0v) is 12.4. The van der Waals surface area contributed by atoms with Crippen molar-refractivity contribution in [1.29, 1.82) is 0 Å². The third-order valence-corrected chi connectivity index (χ3v) is 4.17. The first kappa shape index (κ1) is 13.7. The van der Waals surface area contributed by atoms with Gasteiger partial charge in [0.2, 0.25) is 0 Å². The summed E-state index contributed by atoms with van der Waals surface area (Å²) in [7, 11) is 2.15. The summed E-state index contributed by atoms with van der Waals surface area (Å²) in [5, 5.41) is 0. The molecule has 1 saturated carbocycles. The highest BCUT2D eigenvalue weighted by atomic mass is 35.5. The number of alkyl halides is 1. The van der Waals surface area contributed by atoms with Crippen molar-refractivity contribution in [3.05, 3.63) is 23.4 Å². The van der Waals surface area contributed by atoms with Crippen molar-refractivity contribution in [2.24, 2.45) is 5.92 Å². The Morgan fingerprint density at radius 2 is 2.17 bits per heavy atom. The molecule has 0 saturated heterocycles. The second kappa shape index (κ2) is 5.92. The lowest BCUT2D eigenvalue weighted by molar-refractivity contribution is 0.602. The van der Waals surface area contributed by atoms with Gasteiger partial charge in [-0.05, 0) is 49.8 Å². The molecule has 1 unspecified atom stereocenters. The van der Waals surface area contributed by atoms with Crippen LogP contribution in [-0.4, -0.2) is 18.1 Å². The van der Waals surface area contributed by atoms with Crippen LogP contribution in [0.15, 0.2) is 12.1 Å². The van der Waals surface area contributed by atoms with E-state index in [0.717, 1.165) is 24.6 Å². The highest BCUT2D eigenvalue weighted by Gasteiger charge is 2.31.